The molecule has 86 valence electrons. The Morgan fingerprint density at radius 3 is 3.06 bits per heavy atom. The van der Waals surface area contributed by atoms with E-state index in [1.165, 1.54) is 22.9 Å². The Kier molecular flexibility index (Phi) is 4.56. The maximum atomic E-state index is 8.64. The van der Waals surface area contributed by atoms with Gasteiger partial charge in [-0.3, -0.25) is 0 Å². The summed E-state index contributed by atoms with van der Waals surface area (Å²) in [5.74, 6) is 2.48. The summed E-state index contributed by atoms with van der Waals surface area (Å²) in [7, 11) is 0. The molecule has 2 heterocycles. The van der Waals surface area contributed by atoms with Crippen molar-refractivity contribution in [3.05, 3.63) is 16.1 Å². The zero-order valence-electron chi connectivity index (χ0n) is 9.18. The first kappa shape index (κ1) is 12.3. The third-order valence-corrected chi connectivity index (χ3v) is 6.91. The summed E-state index contributed by atoms with van der Waals surface area (Å²) in [4.78, 5) is 4.58. The van der Waals surface area contributed by atoms with Crippen LogP contribution in [0.1, 0.15) is 29.3 Å². The fourth-order valence-electron chi connectivity index (χ4n) is 1.75. The number of nitriles is 1. The summed E-state index contributed by atoms with van der Waals surface area (Å²) in [5.41, 5.74) is 0.938. The van der Waals surface area contributed by atoms with E-state index >= 15 is 0 Å². The van der Waals surface area contributed by atoms with Gasteiger partial charge in [0.15, 0.2) is 0 Å². The molecule has 0 aromatic carbocycles. The SMILES string of the molecule is CCC1SCCSC1c1nc(CC#N)cs1. The van der Waals surface area contributed by atoms with Crippen molar-refractivity contribution in [1.82, 2.24) is 4.98 Å². The molecule has 1 aromatic heterocycles. The van der Waals surface area contributed by atoms with Crippen LogP contribution in [-0.4, -0.2) is 21.7 Å². The lowest BCUT2D eigenvalue weighted by Gasteiger charge is -2.28. The van der Waals surface area contributed by atoms with Gasteiger partial charge in [-0.15, -0.1) is 23.1 Å². The first-order chi connectivity index (χ1) is 7.85. The van der Waals surface area contributed by atoms with Gasteiger partial charge in [0.05, 0.1) is 23.4 Å². The molecule has 0 bridgehead atoms. The van der Waals surface area contributed by atoms with Gasteiger partial charge in [0.25, 0.3) is 0 Å². The normalized spacial score (nSPS) is 25.2. The third kappa shape index (κ3) is 2.73. The zero-order chi connectivity index (χ0) is 11.4. The maximum Gasteiger partial charge on any atom is 0.107 e. The maximum absolute atomic E-state index is 8.64. The smallest absolute Gasteiger partial charge is 0.107 e. The summed E-state index contributed by atoms with van der Waals surface area (Å²) < 4.78 is 0. The highest BCUT2D eigenvalue weighted by Gasteiger charge is 2.28. The van der Waals surface area contributed by atoms with Gasteiger partial charge in [0, 0.05) is 22.1 Å². The van der Waals surface area contributed by atoms with Gasteiger partial charge in [-0.25, -0.2) is 4.98 Å². The van der Waals surface area contributed by atoms with E-state index < -0.39 is 0 Å². The fourth-order valence-corrected chi connectivity index (χ4v) is 6.00. The predicted molar refractivity (Wildman–Crippen MR) is 73.2 cm³/mol. The number of hydrogen-bond acceptors (Lipinski definition) is 5. The predicted octanol–water partition coefficient (Wildman–Crippen LogP) is 3.51. The van der Waals surface area contributed by atoms with Gasteiger partial charge >= 0.3 is 0 Å². The highest BCUT2D eigenvalue weighted by molar-refractivity contribution is 8.06. The molecule has 2 rings (SSSR count). The van der Waals surface area contributed by atoms with Crippen molar-refractivity contribution >= 4 is 34.9 Å². The first-order valence-electron chi connectivity index (χ1n) is 5.39. The minimum absolute atomic E-state index is 0.442. The van der Waals surface area contributed by atoms with Crippen molar-refractivity contribution < 1.29 is 0 Å². The molecular weight excluding hydrogens is 256 g/mol. The Morgan fingerprint density at radius 2 is 2.31 bits per heavy atom. The Hall–Kier alpha value is -0.180. The van der Waals surface area contributed by atoms with Gasteiger partial charge in [-0.1, -0.05) is 6.92 Å². The number of nitrogens with zero attached hydrogens (tertiary/aromatic N) is 2. The Morgan fingerprint density at radius 1 is 1.50 bits per heavy atom. The van der Waals surface area contributed by atoms with Crippen LogP contribution < -0.4 is 0 Å². The first-order valence-corrected chi connectivity index (χ1v) is 8.37. The van der Waals surface area contributed by atoms with E-state index in [0.29, 0.717) is 16.9 Å². The quantitative estimate of drug-likeness (QED) is 0.842. The summed E-state index contributed by atoms with van der Waals surface area (Å²) in [6, 6.07) is 2.16. The number of thioether (sulfide) groups is 2. The average Bonchev–Trinajstić information content (AvgIpc) is 2.78. The Labute approximate surface area is 109 Å². The van der Waals surface area contributed by atoms with E-state index in [9.17, 15) is 0 Å². The van der Waals surface area contributed by atoms with E-state index in [1.807, 2.05) is 17.1 Å². The summed E-state index contributed by atoms with van der Waals surface area (Å²) in [6.45, 7) is 2.25. The lowest BCUT2D eigenvalue weighted by atomic mass is 10.2. The number of thiazole rings is 1. The Balaban J connectivity index is 2.11. The molecule has 1 aliphatic heterocycles. The second-order valence-corrected chi connectivity index (χ2v) is 7.11. The van der Waals surface area contributed by atoms with Crippen molar-refractivity contribution in [1.29, 1.82) is 5.26 Å². The molecule has 1 fully saturated rings. The molecule has 2 unspecified atom stereocenters. The van der Waals surface area contributed by atoms with E-state index in [4.69, 9.17) is 5.26 Å². The van der Waals surface area contributed by atoms with Crippen LogP contribution in [0, 0.1) is 11.3 Å². The highest BCUT2D eigenvalue weighted by atomic mass is 32.2. The number of hydrogen-bond donors (Lipinski definition) is 0. The van der Waals surface area contributed by atoms with Gasteiger partial charge in [0.2, 0.25) is 0 Å². The molecule has 1 aliphatic rings. The van der Waals surface area contributed by atoms with E-state index in [1.54, 1.807) is 11.3 Å². The topological polar surface area (TPSA) is 36.7 Å². The monoisotopic (exact) mass is 270 g/mol. The lowest BCUT2D eigenvalue weighted by Crippen LogP contribution is -2.18. The molecule has 1 aromatic rings. The fraction of sp³-hybridized carbons (Fsp3) is 0.636. The van der Waals surface area contributed by atoms with Crippen LogP contribution >= 0.6 is 34.9 Å². The second kappa shape index (κ2) is 5.95. The molecule has 0 amide bonds. The van der Waals surface area contributed by atoms with Crippen LogP contribution in [0.5, 0.6) is 0 Å². The van der Waals surface area contributed by atoms with Crippen molar-refractivity contribution in [3.63, 3.8) is 0 Å². The standard InChI is InChI=1S/C11H14N2S3/c1-2-9-10(15-6-5-14-9)11-13-8(3-4-12)7-16-11/h7,9-10H,2-3,5-6H2,1H3. The van der Waals surface area contributed by atoms with Crippen LogP contribution in [0.4, 0.5) is 0 Å². The highest BCUT2D eigenvalue weighted by Crippen LogP contribution is 2.44. The molecule has 5 heteroatoms. The van der Waals surface area contributed by atoms with Crippen LogP contribution in [0.3, 0.4) is 0 Å². The van der Waals surface area contributed by atoms with Gasteiger partial charge in [0.1, 0.15) is 5.01 Å². The molecule has 0 aliphatic carbocycles. The van der Waals surface area contributed by atoms with Crippen molar-refractivity contribution in [3.8, 4) is 6.07 Å². The Bertz CT molecular complexity index is 383. The molecule has 1 saturated heterocycles. The van der Waals surface area contributed by atoms with Gasteiger partial charge in [-0.2, -0.15) is 17.0 Å². The average molecular weight is 270 g/mol. The van der Waals surface area contributed by atoms with Crippen molar-refractivity contribution in [2.45, 2.75) is 30.3 Å². The molecule has 0 N–H and O–H groups in total. The molecule has 2 nitrogen and oxygen atoms in total. The molecule has 2 atom stereocenters. The molecule has 16 heavy (non-hydrogen) atoms. The summed E-state index contributed by atoms with van der Waals surface area (Å²) >= 11 is 5.81. The third-order valence-electron chi connectivity index (χ3n) is 2.53. The largest absolute Gasteiger partial charge is 0.244 e. The molecular formula is C11H14N2S3. The van der Waals surface area contributed by atoms with E-state index in [-0.39, 0.29) is 0 Å². The van der Waals surface area contributed by atoms with Crippen LogP contribution in [0.15, 0.2) is 5.38 Å². The minimum atomic E-state index is 0.442. The molecule has 0 spiro atoms. The minimum Gasteiger partial charge on any atom is -0.244 e. The summed E-state index contributed by atoms with van der Waals surface area (Å²) in [5, 5.41) is 13.1. The molecule has 0 saturated carbocycles. The van der Waals surface area contributed by atoms with Crippen LogP contribution in [0.25, 0.3) is 0 Å². The van der Waals surface area contributed by atoms with Gasteiger partial charge < -0.3 is 0 Å². The van der Waals surface area contributed by atoms with Crippen molar-refractivity contribution in [2.24, 2.45) is 0 Å². The second-order valence-electron chi connectivity index (χ2n) is 3.62. The van der Waals surface area contributed by atoms with E-state index in [2.05, 4.69) is 29.7 Å². The lowest BCUT2D eigenvalue weighted by molar-refractivity contribution is 0.786. The summed E-state index contributed by atoms with van der Waals surface area (Å²) in [6.07, 6.45) is 1.65. The van der Waals surface area contributed by atoms with Crippen molar-refractivity contribution in [2.75, 3.05) is 11.5 Å². The molecule has 0 radical (unpaired) electrons. The number of aromatic nitrogens is 1. The van der Waals surface area contributed by atoms with E-state index in [0.717, 1.165) is 5.69 Å². The van der Waals surface area contributed by atoms with Crippen LogP contribution in [0.2, 0.25) is 0 Å². The van der Waals surface area contributed by atoms with Gasteiger partial charge in [-0.05, 0) is 6.42 Å². The zero-order valence-corrected chi connectivity index (χ0v) is 11.6. The van der Waals surface area contributed by atoms with Crippen LogP contribution in [-0.2, 0) is 6.42 Å². The number of rotatable bonds is 3.